The lowest BCUT2D eigenvalue weighted by Crippen LogP contribution is -2.10. The number of aromatic amines is 1. The van der Waals surface area contributed by atoms with Gasteiger partial charge in [0, 0.05) is 18.6 Å². The molecule has 0 aliphatic carbocycles. The van der Waals surface area contributed by atoms with E-state index in [0.29, 0.717) is 11.4 Å². The van der Waals surface area contributed by atoms with E-state index in [9.17, 15) is 8.42 Å². The van der Waals surface area contributed by atoms with Crippen LogP contribution in [0.5, 0.6) is 0 Å². The van der Waals surface area contributed by atoms with Gasteiger partial charge in [0.05, 0.1) is 22.3 Å². The van der Waals surface area contributed by atoms with E-state index in [1.807, 2.05) is 6.92 Å². The minimum Gasteiger partial charge on any atom is -0.397 e. The molecule has 1 unspecified atom stereocenters. The van der Waals surface area contributed by atoms with Gasteiger partial charge < -0.3 is 16.0 Å². The van der Waals surface area contributed by atoms with Crippen molar-refractivity contribution in [2.75, 3.05) is 17.3 Å². The zero-order valence-corrected chi connectivity index (χ0v) is 11.5. The normalized spacial score (nSPS) is 13.2. The fourth-order valence-corrected chi connectivity index (χ4v) is 2.38. The van der Waals surface area contributed by atoms with Gasteiger partial charge in [-0.15, -0.1) is 0 Å². The number of nitrogens with one attached hydrogen (secondary N) is 2. The smallest absolute Gasteiger partial charge is 0.175 e. The highest BCUT2D eigenvalue weighted by molar-refractivity contribution is 7.90. The minimum atomic E-state index is -3.24. The van der Waals surface area contributed by atoms with E-state index in [-0.39, 0.29) is 10.9 Å². The average Bonchev–Trinajstić information content (AvgIpc) is 2.84. The zero-order valence-electron chi connectivity index (χ0n) is 10.7. The number of nitrogens with zero attached hydrogens (tertiary/aromatic N) is 1. The summed E-state index contributed by atoms with van der Waals surface area (Å²) in [5.41, 5.74) is 6.93. The van der Waals surface area contributed by atoms with Crippen molar-refractivity contribution in [2.24, 2.45) is 0 Å². The van der Waals surface area contributed by atoms with Crippen LogP contribution in [0, 0.1) is 0 Å². The van der Waals surface area contributed by atoms with Crippen molar-refractivity contribution in [3.63, 3.8) is 0 Å². The van der Waals surface area contributed by atoms with Gasteiger partial charge in [-0.1, -0.05) is 0 Å². The van der Waals surface area contributed by atoms with Gasteiger partial charge >= 0.3 is 0 Å². The maximum Gasteiger partial charge on any atom is 0.175 e. The van der Waals surface area contributed by atoms with Gasteiger partial charge in [0.25, 0.3) is 0 Å². The number of hydrogen-bond donors (Lipinski definition) is 3. The van der Waals surface area contributed by atoms with Crippen molar-refractivity contribution in [3.05, 3.63) is 36.4 Å². The third-order valence-electron chi connectivity index (χ3n) is 2.75. The molecule has 1 aromatic carbocycles. The van der Waals surface area contributed by atoms with E-state index in [1.54, 1.807) is 18.5 Å². The van der Waals surface area contributed by atoms with Crippen molar-refractivity contribution < 1.29 is 8.42 Å². The molecule has 0 radical (unpaired) electrons. The molecule has 7 heteroatoms. The zero-order chi connectivity index (χ0) is 14.0. The van der Waals surface area contributed by atoms with Crippen LogP contribution < -0.4 is 11.1 Å². The first kappa shape index (κ1) is 13.4. The van der Waals surface area contributed by atoms with E-state index in [4.69, 9.17) is 5.73 Å². The summed E-state index contributed by atoms with van der Waals surface area (Å²) in [6.45, 7) is 1.93. The molecule has 0 spiro atoms. The summed E-state index contributed by atoms with van der Waals surface area (Å²) < 4.78 is 22.8. The number of rotatable bonds is 4. The Balaban J connectivity index is 2.23. The van der Waals surface area contributed by atoms with Gasteiger partial charge in [-0.05, 0) is 25.1 Å². The van der Waals surface area contributed by atoms with Crippen LogP contribution >= 0.6 is 0 Å². The van der Waals surface area contributed by atoms with E-state index in [0.717, 1.165) is 12.1 Å². The monoisotopic (exact) mass is 280 g/mol. The number of nitrogens with two attached hydrogens (primary N) is 1. The Hall–Kier alpha value is -2.02. The summed E-state index contributed by atoms with van der Waals surface area (Å²) in [7, 11) is -3.24. The second kappa shape index (κ2) is 4.93. The molecule has 0 fully saturated rings. The Kier molecular flexibility index (Phi) is 3.48. The van der Waals surface area contributed by atoms with E-state index in [2.05, 4.69) is 15.3 Å². The molecule has 2 rings (SSSR count). The lowest BCUT2D eigenvalue weighted by atomic mass is 10.2. The van der Waals surface area contributed by atoms with E-state index < -0.39 is 9.84 Å². The number of benzene rings is 1. The van der Waals surface area contributed by atoms with Gasteiger partial charge in [-0.25, -0.2) is 13.4 Å². The maximum absolute atomic E-state index is 11.4. The number of H-pyrrole nitrogens is 1. The molecule has 1 heterocycles. The standard InChI is InChI=1S/C12H16N4O2S/c1-8(12-14-5-6-15-12)16-11-4-3-9(7-10(11)13)19(2,17)18/h3-8,16H,13H2,1-2H3,(H,14,15). The molecule has 1 aromatic heterocycles. The minimum absolute atomic E-state index is 0.0543. The highest BCUT2D eigenvalue weighted by Gasteiger charge is 2.12. The molecule has 0 bridgehead atoms. The highest BCUT2D eigenvalue weighted by atomic mass is 32.2. The third kappa shape index (κ3) is 3.05. The molecule has 6 nitrogen and oxygen atoms in total. The molecular formula is C12H16N4O2S. The Bertz CT molecular complexity index is 665. The third-order valence-corrected chi connectivity index (χ3v) is 3.86. The molecule has 4 N–H and O–H groups in total. The first-order valence-corrected chi connectivity index (χ1v) is 7.62. The largest absolute Gasteiger partial charge is 0.397 e. The Morgan fingerprint density at radius 3 is 2.68 bits per heavy atom. The fourth-order valence-electron chi connectivity index (χ4n) is 1.72. The SMILES string of the molecule is CC(Nc1ccc(S(C)(=O)=O)cc1N)c1ncc[nH]1. The van der Waals surface area contributed by atoms with Gasteiger partial charge in [0.15, 0.2) is 9.84 Å². The Morgan fingerprint density at radius 1 is 1.42 bits per heavy atom. The number of aromatic nitrogens is 2. The lowest BCUT2D eigenvalue weighted by Gasteiger charge is -2.15. The van der Waals surface area contributed by atoms with E-state index in [1.165, 1.54) is 12.1 Å². The summed E-state index contributed by atoms with van der Waals surface area (Å²) in [4.78, 5) is 7.36. The molecule has 0 saturated heterocycles. The molecule has 2 aromatic rings. The maximum atomic E-state index is 11.4. The van der Waals surface area contributed by atoms with Crippen LogP contribution in [0.25, 0.3) is 0 Å². The van der Waals surface area contributed by atoms with Gasteiger partial charge in [-0.2, -0.15) is 0 Å². The molecule has 0 aliphatic rings. The molecule has 1 atom stereocenters. The summed E-state index contributed by atoms with van der Waals surface area (Å²) in [6, 6.07) is 4.59. The lowest BCUT2D eigenvalue weighted by molar-refractivity contribution is 0.602. The van der Waals surface area contributed by atoms with Crippen molar-refractivity contribution in [1.29, 1.82) is 0 Å². The second-order valence-electron chi connectivity index (χ2n) is 4.36. The molecule has 102 valence electrons. The summed E-state index contributed by atoms with van der Waals surface area (Å²) >= 11 is 0. The van der Waals surface area contributed by atoms with Crippen LogP contribution in [0.4, 0.5) is 11.4 Å². The van der Waals surface area contributed by atoms with E-state index >= 15 is 0 Å². The fraction of sp³-hybridized carbons (Fsp3) is 0.250. The summed E-state index contributed by atoms with van der Waals surface area (Å²) in [5.74, 6) is 0.784. The number of nitrogen functional groups attached to an aromatic ring is 1. The summed E-state index contributed by atoms with van der Waals surface area (Å²) in [6.07, 6.45) is 4.56. The van der Waals surface area contributed by atoms with Crippen molar-refractivity contribution >= 4 is 21.2 Å². The van der Waals surface area contributed by atoms with Crippen LogP contribution in [0.3, 0.4) is 0 Å². The Labute approximate surface area is 112 Å². The molecular weight excluding hydrogens is 264 g/mol. The van der Waals surface area contributed by atoms with Crippen molar-refractivity contribution in [3.8, 4) is 0 Å². The molecule has 0 aliphatic heterocycles. The highest BCUT2D eigenvalue weighted by Crippen LogP contribution is 2.25. The Morgan fingerprint density at radius 2 is 2.16 bits per heavy atom. The predicted molar refractivity (Wildman–Crippen MR) is 74.6 cm³/mol. The number of sulfone groups is 1. The van der Waals surface area contributed by atoms with Crippen LogP contribution in [0.15, 0.2) is 35.5 Å². The average molecular weight is 280 g/mol. The van der Waals surface area contributed by atoms with Crippen LogP contribution in [-0.2, 0) is 9.84 Å². The number of imidazole rings is 1. The second-order valence-corrected chi connectivity index (χ2v) is 6.38. The number of hydrogen-bond acceptors (Lipinski definition) is 5. The van der Waals surface area contributed by atoms with Gasteiger partial charge in [0.1, 0.15) is 5.82 Å². The number of anilines is 2. The van der Waals surface area contributed by atoms with Crippen LogP contribution in [0.2, 0.25) is 0 Å². The first-order chi connectivity index (χ1) is 8.88. The van der Waals surface area contributed by atoms with Crippen molar-refractivity contribution in [1.82, 2.24) is 9.97 Å². The van der Waals surface area contributed by atoms with Gasteiger partial charge in [-0.3, -0.25) is 0 Å². The first-order valence-electron chi connectivity index (χ1n) is 5.73. The van der Waals surface area contributed by atoms with Gasteiger partial charge in [0.2, 0.25) is 0 Å². The molecule has 19 heavy (non-hydrogen) atoms. The van der Waals surface area contributed by atoms with Crippen LogP contribution in [0.1, 0.15) is 18.8 Å². The van der Waals surface area contributed by atoms with Crippen LogP contribution in [-0.4, -0.2) is 24.6 Å². The topological polar surface area (TPSA) is 101 Å². The quantitative estimate of drug-likeness (QED) is 0.738. The summed E-state index contributed by atoms with van der Waals surface area (Å²) in [5, 5.41) is 3.18. The van der Waals surface area contributed by atoms with Crippen molar-refractivity contribution in [2.45, 2.75) is 17.9 Å². The molecule has 0 amide bonds. The molecule has 0 saturated carbocycles. The predicted octanol–water partition coefficient (Wildman–Crippen LogP) is 1.57.